The van der Waals surface area contributed by atoms with E-state index in [0.29, 0.717) is 18.2 Å². The van der Waals surface area contributed by atoms with Gasteiger partial charge in [-0.2, -0.15) is 0 Å². The fourth-order valence-electron chi connectivity index (χ4n) is 3.66. The second-order valence-electron chi connectivity index (χ2n) is 6.52. The highest BCUT2D eigenvalue weighted by Crippen LogP contribution is 2.63. The van der Waals surface area contributed by atoms with Crippen molar-refractivity contribution in [3.63, 3.8) is 0 Å². The van der Waals surface area contributed by atoms with Crippen molar-refractivity contribution in [3.8, 4) is 0 Å². The number of hydrogen-bond donors (Lipinski definition) is 1. The first-order valence-electron chi connectivity index (χ1n) is 8.39. The summed E-state index contributed by atoms with van der Waals surface area (Å²) in [5.74, 6) is -0.201. The van der Waals surface area contributed by atoms with Gasteiger partial charge in [0.1, 0.15) is 0 Å². The molecule has 0 bridgehead atoms. The van der Waals surface area contributed by atoms with E-state index in [1.807, 2.05) is 31.2 Å². The Bertz CT molecular complexity index is 871. The number of hydrogen-bond acceptors (Lipinski definition) is 4. The highest BCUT2D eigenvalue weighted by atomic mass is 79.9. The molecule has 1 fully saturated rings. The number of benzene rings is 2. The molecule has 0 aromatic heterocycles. The van der Waals surface area contributed by atoms with Crippen LogP contribution < -0.4 is 5.73 Å². The average Bonchev–Trinajstić information content (AvgIpc) is 3.31. The molecule has 2 aromatic carbocycles. The lowest BCUT2D eigenvalue weighted by Crippen LogP contribution is -2.29. The lowest BCUT2D eigenvalue weighted by atomic mass is 10.00. The minimum atomic E-state index is -3.57. The minimum absolute atomic E-state index is 0.201. The second-order valence-corrected chi connectivity index (χ2v) is 9.94. The van der Waals surface area contributed by atoms with E-state index in [1.165, 1.54) is 0 Å². The Balaban J connectivity index is 2.03. The van der Waals surface area contributed by atoms with Crippen molar-refractivity contribution in [2.75, 3.05) is 19.8 Å². The number of halogens is 2. The maximum Gasteiger partial charge on any atom is 0.182 e. The summed E-state index contributed by atoms with van der Waals surface area (Å²) in [5, 5.41) is -0.113. The van der Waals surface area contributed by atoms with Crippen molar-refractivity contribution in [1.29, 1.82) is 0 Å². The summed E-state index contributed by atoms with van der Waals surface area (Å²) in [4.78, 5) is 0.265. The van der Waals surface area contributed by atoms with E-state index in [1.54, 1.807) is 24.3 Å². The van der Waals surface area contributed by atoms with Gasteiger partial charge >= 0.3 is 0 Å². The summed E-state index contributed by atoms with van der Waals surface area (Å²) < 4.78 is 33.2. The monoisotopic (exact) mass is 457 g/mol. The van der Waals surface area contributed by atoms with Crippen LogP contribution in [0.25, 0.3) is 0 Å². The molecule has 1 saturated carbocycles. The number of ether oxygens (including phenoxy) is 1. The molecule has 0 amide bonds. The van der Waals surface area contributed by atoms with Crippen LogP contribution in [-0.4, -0.2) is 33.4 Å². The average molecular weight is 459 g/mol. The molecule has 3 atom stereocenters. The third kappa shape index (κ3) is 3.45. The molecule has 4 nitrogen and oxygen atoms in total. The van der Waals surface area contributed by atoms with Crippen LogP contribution in [0.3, 0.4) is 0 Å². The fourth-order valence-corrected chi connectivity index (χ4v) is 6.49. The Morgan fingerprint density at radius 1 is 1.15 bits per heavy atom. The Labute approximate surface area is 167 Å². The summed E-state index contributed by atoms with van der Waals surface area (Å²) >= 11 is 9.33. The van der Waals surface area contributed by atoms with Crippen molar-refractivity contribution in [2.24, 2.45) is 11.1 Å². The molecule has 2 N–H and O–H groups in total. The van der Waals surface area contributed by atoms with Gasteiger partial charge in [-0.1, -0.05) is 39.7 Å². The van der Waals surface area contributed by atoms with Crippen molar-refractivity contribution in [2.45, 2.75) is 23.0 Å². The third-order valence-corrected chi connectivity index (χ3v) is 8.16. The SMILES string of the molecule is CCOC[C@]1(CN)[C@H](c2ccc(Br)cc2)[C@@H]1S(=O)(=O)c1ccc(Cl)cc1. The largest absolute Gasteiger partial charge is 0.381 e. The molecule has 7 heteroatoms. The van der Waals surface area contributed by atoms with Crippen LogP contribution in [0.2, 0.25) is 5.02 Å². The van der Waals surface area contributed by atoms with Crippen LogP contribution in [0.4, 0.5) is 0 Å². The predicted molar refractivity (Wildman–Crippen MR) is 107 cm³/mol. The molecule has 2 aromatic rings. The number of rotatable bonds is 7. The smallest absolute Gasteiger partial charge is 0.182 e. The van der Waals surface area contributed by atoms with Gasteiger partial charge in [-0.25, -0.2) is 8.42 Å². The van der Waals surface area contributed by atoms with E-state index < -0.39 is 20.5 Å². The third-order valence-electron chi connectivity index (χ3n) is 5.04. The van der Waals surface area contributed by atoms with Gasteiger partial charge in [0.2, 0.25) is 0 Å². The molecule has 0 aliphatic heterocycles. The quantitative estimate of drug-likeness (QED) is 0.680. The van der Waals surface area contributed by atoms with Crippen LogP contribution in [0.15, 0.2) is 57.9 Å². The molecule has 26 heavy (non-hydrogen) atoms. The first kappa shape index (κ1) is 19.8. The molecule has 0 unspecified atom stereocenters. The van der Waals surface area contributed by atoms with E-state index in [-0.39, 0.29) is 17.4 Å². The Morgan fingerprint density at radius 2 is 1.77 bits per heavy atom. The zero-order valence-corrected chi connectivity index (χ0v) is 17.5. The van der Waals surface area contributed by atoms with Gasteiger partial charge in [0.15, 0.2) is 9.84 Å². The van der Waals surface area contributed by atoms with Crippen molar-refractivity contribution >= 4 is 37.4 Å². The van der Waals surface area contributed by atoms with Crippen LogP contribution in [-0.2, 0) is 14.6 Å². The molecule has 1 aliphatic rings. The zero-order valence-electron chi connectivity index (χ0n) is 14.4. The van der Waals surface area contributed by atoms with Crippen LogP contribution in [0.5, 0.6) is 0 Å². The normalized spacial score (nSPS) is 25.2. The highest BCUT2D eigenvalue weighted by Gasteiger charge is 2.70. The molecule has 140 valence electrons. The van der Waals surface area contributed by atoms with Crippen molar-refractivity contribution in [1.82, 2.24) is 0 Å². The Kier molecular flexibility index (Phi) is 5.80. The molecule has 3 rings (SSSR count). The summed E-state index contributed by atoms with van der Waals surface area (Å²) in [5.41, 5.74) is 6.42. The van der Waals surface area contributed by atoms with Crippen LogP contribution in [0.1, 0.15) is 18.4 Å². The van der Waals surface area contributed by atoms with Gasteiger partial charge < -0.3 is 10.5 Å². The van der Waals surface area contributed by atoms with E-state index in [4.69, 9.17) is 22.1 Å². The van der Waals surface area contributed by atoms with Crippen LogP contribution >= 0.6 is 27.5 Å². The first-order valence-corrected chi connectivity index (χ1v) is 11.1. The van der Waals surface area contributed by atoms with E-state index in [0.717, 1.165) is 10.0 Å². The molecule has 0 radical (unpaired) electrons. The first-order chi connectivity index (χ1) is 12.4. The van der Waals surface area contributed by atoms with Gasteiger partial charge in [0, 0.05) is 34.0 Å². The predicted octanol–water partition coefficient (Wildman–Crippen LogP) is 4.02. The zero-order chi connectivity index (χ0) is 18.9. The van der Waals surface area contributed by atoms with Gasteiger partial charge in [-0.15, -0.1) is 0 Å². The topological polar surface area (TPSA) is 69.4 Å². The molecule has 0 heterocycles. The molecule has 1 aliphatic carbocycles. The number of sulfone groups is 1. The van der Waals surface area contributed by atoms with Crippen molar-refractivity contribution in [3.05, 3.63) is 63.6 Å². The summed E-state index contributed by atoms with van der Waals surface area (Å²) in [6.45, 7) is 2.97. The maximum absolute atomic E-state index is 13.3. The summed E-state index contributed by atoms with van der Waals surface area (Å²) in [6.07, 6.45) is 0. The lowest BCUT2D eigenvalue weighted by molar-refractivity contribution is 0.101. The van der Waals surface area contributed by atoms with Crippen molar-refractivity contribution < 1.29 is 13.2 Å². The van der Waals surface area contributed by atoms with Gasteiger partial charge in [0.25, 0.3) is 0 Å². The van der Waals surface area contributed by atoms with E-state index in [2.05, 4.69) is 15.9 Å². The van der Waals surface area contributed by atoms with Gasteiger partial charge in [-0.3, -0.25) is 0 Å². The molecule has 0 spiro atoms. The van der Waals surface area contributed by atoms with Gasteiger partial charge in [0.05, 0.1) is 16.8 Å². The summed E-state index contributed by atoms with van der Waals surface area (Å²) in [7, 11) is -3.57. The fraction of sp³-hybridized carbons (Fsp3) is 0.368. The lowest BCUT2D eigenvalue weighted by Gasteiger charge is -2.16. The summed E-state index contributed by atoms with van der Waals surface area (Å²) in [6, 6.07) is 14.0. The molecule has 0 saturated heterocycles. The maximum atomic E-state index is 13.3. The molecular formula is C19H21BrClNO3S. The highest BCUT2D eigenvalue weighted by molar-refractivity contribution is 9.10. The number of nitrogens with two attached hydrogens (primary N) is 1. The Morgan fingerprint density at radius 3 is 2.31 bits per heavy atom. The second kappa shape index (κ2) is 7.60. The standard InChI is InChI=1S/C19H21BrClNO3S/c1-2-25-12-19(11-22)17(13-3-5-14(20)6-4-13)18(19)26(23,24)16-9-7-15(21)8-10-16/h3-10,17-18H,2,11-12,22H2,1H3/t17-,18+,19-/m1/s1. The van der Waals surface area contributed by atoms with Crippen LogP contribution in [0, 0.1) is 5.41 Å². The van der Waals surface area contributed by atoms with Gasteiger partial charge in [-0.05, 0) is 48.9 Å². The van der Waals surface area contributed by atoms with E-state index in [9.17, 15) is 8.42 Å². The van der Waals surface area contributed by atoms with E-state index >= 15 is 0 Å². The minimum Gasteiger partial charge on any atom is -0.381 e. The Hall–Kier alpha value is -0.920. The molecular weight excluding hydrogens is 438 g/mol.